The Morgan fingerprint density at radius 3 is 1.34 bits per heavy atom. The Balaban J connectivity index is 0.000000157. The van der Waals surface area contributed by atoms with Crippen LogP contribution in [0.5, 0.6) is 0 Å². The maximum atomic E-state index is 16.0. The third-order valence-corrected chi connectivity index (χ3v) is 22.4. The topological polar surface area (TPSA) is 433 Å². The normalized spacial score (nSPS) is 39.9. The van der Waals surface area contributed by atoms with Crippen molar-refractivity contribution in [3.05, 3.63) is 62.0 Å². The molecule has 8 aromatic heterocycles. The van der Waals surface area contributed by atoms with Gasteiger partial charge in [-0.25, -0.2) is 73.2 Å². The van der Waals surface area contributed by atoms with Crippen LogP contribution in [0.4, 0.5) is 20.4 Å². The van der Waals surface area contributed by atoms with E-state index in [2.05, 4.69) is 72.1 Å². The number of thiol groups is 1. The van der Waals surface area contributed by atoms with Gasteiger partial charge in [-0.3, -0.25) is 40.9 Å². The average molecular weight is 1420 g/mol. The van der Waals surface area contributed by atoms with Crippen molar-refractivity contribution in [1.29, 1.82) is 0 Å². The Kier molecular flexibility index (Phi) is 16.4. The van der Waals surface area contributed by atoms with Crippen molar-refractivity contribution in [3.8, 4) is 0 Å². The molecule has 8 aliphatic rings. The monoisotopic (exact) mass is 1420 g/mol. The van der Waals surface area contributed by atoms with Gasteiger partial charge in [0.1, 0.15) is 107 Å². The molecular formula is C45H52F2N18O18P4S4. The maximum absolute atomic E-state index is 16.0. The zero-order chi connectivity index (χ0) is 62.6. The molecule has 0 aliphatic carbocycles. The lowest BCUT2D eigenvalue weighted by Gasteiger charge is -2.33. The molecule has 91 heavy (non-hydrogen) atoms. The molecule has 8 bridgehead atoms. The molecule has 7 N–H and O–H groups in total. The summed E-state index contributed by atoms with van der Waals surface area (Å²) in [7, 11) is 0. The second-order valence-corrected chi connectivity index (χ2v) is 32.9. The lowest BCUT2D eigenvalue weighted by Crippen LogP contribution is -2.45. The summed E-state index contributed by atoms with van der Waals surface area (Å²) in [4.78, 5) is 83.9. The largest absolute Gasteiger partial charge is 0.386 e. The molecule has 46 heteroatoms. The highest BCUT2D eigenvalue weighted by atomic mass is 32.7. The van der Waals surface area contributed by atoms with E-state index in [-0.39, 0.29) is 54.6 Å². The zero-order valence-electron chi connectivity index (χ0n) is 45.9. The van der Waals surface area contributed by atoms with Gasteiger partial charge in [-0.05, 0) is 49.3 Å². The van der Waals surface area contributed by atoms with Crippen LogP contribution in [0.1, 0.15) is 43.7 Å². The number of nitrogens with zero attached hydrogens (tertiary/aromatic N) is 16. The number of anilines is 2. The van der Waals surface area contributed by atoms with E-state index < -0.39 is 151 Å². The molecule has 488 valence electrons. The fraction of sp³-hybridized carbons (Fsp3) is 0.556. The number of fused-ring (bicyclic) bond motifs is 8. The lowest BCUT2D eigenvalue weighted by molar-refractivity contribution is -0.183. The first kappa shape index (κ1) is 63.9. The van der Waals surface area contributed by atoms with Gasteiger partial charge in [0.05, 0.1) is 76.3 Å². The van der Waals surface area contributed by atoms with Crippen LogP contribution < -0.4 is 11.5 Å². The molecule has 16 heterocycles. The SMILES string of the molecule is C.Cc1ncnc2c1ncn2[C@@H]1O[C@@]23CO[C@@H]1[C@@H]2OP(O)(=S)OC[C@H]1O[C@@H](n2cnc4c(N)ncnc42)[C@H](OP(=O)(S)OC3)[C@H]1F.Cc1ncnc2c1ncn2[C@@H]1O[C@@]23CO[C@@H]1[C@@H]2OP(O)(=S)OC[C@H]1O[C@@H](n2cnc4c(N)ncnc42)[C@H](OP(O)(=S)OC3)[C@H]1F. The van der Waals surface area contributed by atoms with Crippen molar-refractivity contribution in [2.75, 3.05) is 51.1 Å². The molecular weight excluding hydrogens is 1370 g/mol. The number of aromatic nitrogens is 16. The van der Waals surface area contributed by atoms with Crippen LogP contribution in [0.25, 0.3) is 44.7 Å². The van der Waals surface area contributed by atoms with Crippen LogP contribution in [0.3, 0.4) is 0 Å². The zero-order valence-corrected chi connectivity index (χ0v) is 52.9. The van der Waals surface area contributed by atoms with Crippen LogP contribution in [0, 0.1) is 13.8 Å². The lowest BCUT2D eigenvalue weighted by atomic mass is 10.0. The molecule has 16 rings (SSSR count). The molecule has 8 saturated heterocycles. The fourth-order valence-corrected chi connectivity index (χ4v) is 17.7. The number of hydrogen-bond donors (Lipinski definition) is 6. The second kappa shape index (κ2) is 23.4. The first-order valence-electron chi connectivity index (χ1n) is 26.9. The highest BCUT2D eigenvalue weighted by Gasteiger charge is 2.67. The minimum atomic E-state index is -4.36. The molecule has 8 aliphatic heterocycles. The molecule has 0 amide bonds. The Labute approximate surface area is 530 Å². The molecule has 8 fully saturated rings. The smallest absolute Gasteiger partial charge is 0.382 e. The van der Waals surface area contributed by atoms with E-state index in [1.807, 2.05) is 0 Å². The van der Waals surface area contributed by atoms with Gasteiger partial charge in [0.25, 0.3) is 0 Å². The van der Waals surface area contributed by atoms with Crippen LogP contribution in [-0.4, -0.2) is 205 Å². The number of hydrogen-bond acceptors (Lipinski definition) is 32. The van der Waals surface area contributed by atoms with E-state index in [4.69, 9.17) is 111 Å². The number of nitrogens with two attached hydrogens (primary N) is 2. The van der Waals surface area contributed by atoms with Crippen molar-refractivity contribution in [2.45, 2.75) is 119 Å². The Morgan fingerprint density at radius 1 is 0.516 bits per heavy atom. The minimum Gasteiger partial charge on any atom is -0.382 e. The highest BCUT2D eigenvalue weighted by molar-refractivity contribution is 8.44. The first-order chi connectivity index (χ1) is 42.9. The van der Waals surface area contributed by atoms with Crippen molar-refractivity contribution >= 4 is 131 Å². The van der Waals surface area contributed by atoms with Gasteiger partial charge in [-0.2, -0.15) is 0 Å². The number of nitrogen functional groups attached to an aromatic ring is 2. The van der Waals surface area contributed by atoms with Gasteiger partial charge < -0.3 is 68.1 Å². The quantitative estimate of drug-likeness (QED) is 0.109. The first-order valence-corrected chi connectivity index (χ1v) is 37.3. The van der Waals surface area contributed by atoms with Crippen LogP contribution in [0.2, 0.25) is 0 Å². The van der Waals surface area contributed by atoms with Gasteiger partial charge in [-0.15, -0.1) is 0 Å². The number of aryl methyl sites for hydroxylation is 2. The number of rotatable bonds is 4. The van der Waals surface area contributed by atoms with Gasteiger partial charge >= 0.3 is 27.0 Å². The number of imidazole rings is 4. The van der Waals surface area contributed by atoms with E-state index >= 15 is 8.78 Å². The predicted octanol–water partition coefficient (Wildman–Crippen LogP) is 2.88. The Hall–Kier alpha value is -4.49. The summed E-state index contributed by atoms with van der Waals surface area (Å²) in [6, 6.07) is 0. The molecule has 0 aromatic carbocycles. The van der Waals surface area contributed by atoms with Crippen molar-refractivity contribution in [2.24, 2.45) is 0 Å². The van der Waals surface area contributed by atoms with E-state index in [0.29, 0.717) is 33.7 Å². The summed E-state index contributed by atoms with van der Waals surface area (Å²) in [5.41, 5.74) is 13.1. The average Bonchev–Trinajstić information content (AvgIpc) is 1.57. The van der Waals surface area contributed by atoms with Gasteiger partial charge in [0.15, 0.2) is 71.5 Å². The molecule has 4 unspecified atom stereocenters. The van der Waals surface area contributed by atoms with Crippen molar-refractivity contribution < 1.29 is 92.6 Å². The van der Waals surface area contributed by atoms with Crippen LogP contribution in [-0.2, 0) is 105 Å². The predicted molar refractivity (Wildman–Crippen MR) is 319 cm³/mol. The van der Waals surface area contributed by atoms with Gasteiger partial charge in [-0.1, -0.05) is 19.7 Å². The molecule has 8 aromatic rings. The Morgan fingerprint density at radius 2 is 0.890 bits per heavy atom. The molecule has 20 atom stereocenters. The molecule has 0 spiro atoms. The number of alkyl halides is 2. The standard InChI is InChI=1S/2C22H24FN9O9P2S2.CH4/c2*1-9-12-18(27-5-25-9)32(7-29-12)21-15-16-22(39-21,3-35-15)4-37-43(34,45)40-14-11(23)10(2-36-42(33,44)41-16)38-20(14)31-8-30-13-17(24)26-6-28-19(13)31;/h2*5-8,10-11,14-16,20-21H,2-4H2,1H3,(H,33,44)(H,34,45)(H2,24,26,28);1H4/t2*10-,11+,14-,15-,16+,20-,21-,22-,42?,43?;/m11./s1. The van der Waals surface area contributed by atoms with Crippen molar-refractivity contribution in [1.82, 2.24) is 78.1 Å². The highest BCUT2D eigenvalue weighted by Crippen LogP contribution is 2.63. The fourth-order valence-electron chi connectivity index (χ4n) is 11.9. The molecule has 0 radical (unpaired) electrons. The molecule has 0 saturated carbocycles. The van der Waals surface area contributed by atoms with Crippen LogP contribution in [0.15, 0.2) is 50.6 Å². The summed E-state index contributed by atoms with van der Waals surface area (Å²) in [6.45, 7) is -15.4. The second-order valence-electron chi connectivity index (χ2n) is 21.7. The van der Waals surface area contributed by atoms with Gasteiger partial charge in [0, 0.05) is 0 Å². The Bertz CT molecular complexity index is 4110. The summed E-state index contributed by atoms with van der Waals surface area (Å²) >= 11 is 20.2. The third kappa shape index (κ3) is 11.1. The van der Waals surface area contributed by atoms with Crippen LogP contribution >= 0.6 is 39.2 Å². The van der Waals surface area contributed by atoms with E-state index in [9.17, 15) is 19.2 Å². The number of ether oxygens (including phenoxy) is 6. The summed E-state index contributed by atoms with van der Waals surface area (Å²) in [6.07, 6.45) is -6.98. The summed E-state index contributed by atoms with van der Waals surface area (Å²) in [5.74, 6) is 0.176. The van der Waals surface area contributed by atoms with E-state index in [0.717, 1.165) is 0 Å². The van der Waals surface area contributed by atoms with Gasteiger partial charge in [0.2, 0.25) is 0 Å². The number of halogens is 2. The minimum absolute atomic E-state index is 0. The van der Waals surface area contributed by atoms with Crippen molar-refractivity contribution in [3.63, 3.8) is 0 Å². The molecule has 36 nitrogen and oxygen atoms in total. The summed E-state index contributed by atoms with van der Waals surface area (Å²) < 4.78 is 135. The van der Waals surface area contributed by atoms with E-state index in [1.54, 1.807) is 23.0 Å². The maximum Gasteiger partial charge on any atom is 0.386 e. The third-order valence-electron chi connectivity index (χ3n) is 16.2. The van der Waals surface area contributed by atoms with E-state index in [1.165, 1.54) is 59.8 Å². The summed E-state index contributed by atoms with van der Waals surface area (Å²) in [5, 5.41) is 0.